The Balaban J connectivity index is 1.85. The SMILES string of the molecule is Cn1cnc2cc(-c3ccc(C(C)(C)N)nc3)nc(NC3CC3)c2c1=O. The molecule has 0 atom stereocenters. The topological polar surface area (TPSA) is 98.7 Å². The summed E-state index contributed by atoms with van der Waals surface area (Å²) >= 11 is 0. The highest BCUT2D eigenvalue weighted by Crippen LogP contribution is 2.29. The van der Waals surface area contributed by atoms with Gasteiger partial charge in [-0.1, -0.05) is 0 Å². The molecule has 26 heavy (non-hydrogen) atoms. The first-order valence-corrected chi connectivity index (χ1v) is 8.71. The monoisotopic (exact) mass is 350 g/mol. The lowest BCUT2D eigenvalue weighted by Crippen LogP contribution is -2.29. The molecular weight excluding hydrogens is 328 g/mol. The van der Waals surface area contributed by atoms with Crippen LogP contribution in [0.3, 0.4) is 0 Å². The van der Waals surface area contributed by atoms with Crippen molar-refractivity contribution >= 4 is 16.7 Å². The van der Waals surface area contributed by atoms with E-state index >= 15 is 0 Å². The molecule has 134 valence electrons. The highest BCUT2D eigenvalue weighted by atomic mass is 16.1. The number of hydrogen-bond acceptors (Lipinski definition) is 6. The van der Waals surface area contributed by atoms with Gasteiger partial charge in [-0.15, -0.1) is 0 Å². The standard InChI is InChI=1S/C19H22N6O/c1-19(2,20)15-7-4-11(9-21-15)13-8-14-16(18(26)25(3)10-22-14)17(24-13)23-12-5-6-12/h4,7-10,12H,5-6,20H2,1-3H3,(H,23,24). The van der Waals surface area contributed by atoms with Gasteiger partial charge in [-0.05, 0) is 44.9 Å². The van der Waals surface area contributed by atoms with E-state index < -0.39 is 5.54 Å². The van der Waals surface area contributed by atoms with Crippen molar-refractivity contribution in [3.63, 3.8) is 0 Å². The summed E-state index contributed by atoms with van der Waals surface area (Å²) < 4.78 is 1.47. The molecule has 1 saturated carbocycles. The van der Waals surface area contributed by atoms with Crippen LogP contribution in [-0.2, 0) is 12.6 Å². The third-order valence-corrected chi connectivity index (χ3v) is 4.54. The van der Waals surface area contributed by atoms with Gasteiger partial charge in [0.25, 0.3) is 5.56 Å². The number of nitrogens with one attached hydrogen (secondary N) is 1. The van der Waals surface area contributed by atoms with Crippen molar-refractivity contribution in [3.8, 4) is 11.3 Å². The molecular formula is C19H22N6O. The first-order valence-electron chi connectivity index (χ1n) is 8.71. The van der Waals surface area contributed by atoms with Crippen LogP contribution in [0.2, 0.25) is 0 Å². The Morgan fingerprint density at radius 1 is 1.27 bits per heavy atom. The average Bonchev–Trinajstić information content (AvgIpc) is 3.41. The summed E-state index contributed by atoms with van der Waals surface area (Å²) in [5.74, 6) is 0.594. The highest BCUT2D eigenvalue weighted by molar-refractivity contribution is 5.91. The molecule has 3 heterocycles. The first kappa shape index (κ1) is 16.7. The Morgan fingerprint density at radius 3 is 2.65 bits per heavy atom. The number of aromatic nitrogens is 4. The molecule has 0 amide bonds. The van der Waals surface area contributed by atoms with Crippen LogP contribution in [0.1, 0.15) is 32.4 Å². The van der Waals surface area contributed by atoms with Crippen LogP contribution in [0.15, 0.2) is 35.5 Å². The zero-order valence-electron chi connectivity index (χ0n) is 15.2. The molecule has 0 saturated heterocycles. The Labute approximate surface area is 151 Å². The summed E-state index contributed by atoms with van der Waals surface area (Å²) in [7, 11) is 1.70. The second kappa shape index (κ2) is 5.88. The van der Waals surface area contributed by atoms with E-state index in [9.17, 15) is 4.79 Å². The molecule has 1 aliphatic carbocycles. The molecule has 0 unspecified atom stereocenters. The highest BCUT2D eigenvalue weighted by Gasteiger charge is 2.24. The van der Waals surface area contributed by atoms with E-state index in [1.54, 1.807) is 13.2 Å². The lowest BCUT2D eigenvalue weighted by Gasteiger charge is -2.18. The van der Waals surface area contributed by atoms with Crippen molar-refractivity contribution in [2.75, 3.05) is 5.32 Å². The Bertz CT molecular complexity index is 1030. The van der Waals surface area contributed by atoms with Gasteiger partial charge in [-0.3, -0.25) is 9.78 Å². The van der Waals surface area contributed by atoms with Gasteiger partial charge in [0.2, 0.25) is 0 Å². The van der Waals surface area contributed by atoms with E-state index in [1.807, 2.05) is 32.0 Å². The van der Waals surface area contributed by atoms with Crippen LogP contribution in [0.25, 0.3) is 22.2 Å². The van der Waals surface area contributed by atoms with E-state index in [4.69, 9.17) is 10.7 Å². The van der Waals surface area contributed by atoms with E-state index in [0.717, 1.165) is 29.8 Å². The summed E-state index contributed by atoms with van der Waals surface area (Å²) in [5, 5.41) is 3.89. The molecule has 7 nitrogen and oxygen atoms in total. The predicted molar refractivity (Wildman–Crippen MR) is 102 cm³/mol. The van der Waals surface area contributed by atoms with Gasteiger partial charge < -0.3 is 15.6 Å². The molecule has 0 radical (unpaired) electrons. The summed E-state index contributed by atoms with van der Waals surface area (Å²) in [6.07, 6.45) is 5.49. The molecule has 0 spiro atoms. The number of anilines is 1. The molecule has 7 heteroatoms. The molecule has 0 aliphatic heterocycles. The molecule has 1 fully saturated rings. The van der Waals surface area contributed by atoms with Crippen LogP contribution >= 0.6 is 0 Å². The van der Waals surface area contributed by atoms with Crippen molar-refractivity contribution in [1.29, 1.82) is 0 Å². The van der Waals surface area contributed by atoms with E-state index in [2.05, 4.69) is 15.3 Å². The molecule has 0 aromatic carbocycles. The molecule has 3 aromatic heterocycles. The van der Waals surface area contributed by atoms with Crippen molar-refractivity contribution in [1.82, 2.24) is 19.5 Å². The van der Waals surface area contributed by atoms with Crippen LogP contribution in [-0.4, -0.2) is 25.6 Å². The van der Waals surface area contributed by atoms with Gasteiger partial charge in [0.1, 0.15) is 11.2 Å². The fourth-order valence-electron chi connectivity index (χ4n) is 2.82. The lowest BCUT2D eigenvalue weighted by molar-refractivity contribution is 0.535. The van der Waals surface area contributed by atoms with Gasteiger partial charge >= 0.3 is 0 Å². The van der Waals surface area contributed by atoms with Gasteiger partial charge in [0.15, 0.2) is 0 Å². The third kappa shape index (κ3) is 3.06. The molecule has 1 aliphatic rings. The zero-order chi connectivity index (χ0) is 18.5. The number of rotatable bonds is 4. The van der Waals surface area contributed by atoms with Crippen molar-refractivity contribution < 1.29 is 0 Å². The third-order valence-electron chi connectivity index (χ3n) is 4.54. The normalized spacial score (nSPS) is 14.6. The van der Waals surface area contributed by atoms with E-state index in [0.29, 0.717) is 22.8 Å². The Morgan fingerprint density at radius 2 is 2.04 bits per heavy atom. The molecule has 0 bridgehead atoms. The van der Waals surface area contributed by atoms with Crippen molar-refractivity contribution in [3.05, 3.63) is 46.8 Å². The summed E-state index contributed by atoms with van der Waals surface area (Å²) in [6, 6.07) is 6.07. The maximum Gasteiger partial charge on any atom is 0.264 e. The quantitative estimate of drug-likeness (QED) is 0.748. The maximum absolute atomic E-state index is 12.6. The smallest absolute Gasteiger partial charge is 0.264 e. The summed E-state index contributed by atoms with van der Waals surface area (Å²) in [6.45, 7) is 3.83. The van der Waals surface area contributed by atoms with Crippen molar-refractivity contribution in [2.24, 2.45) is 12.8 Å². The number of aryl methyl sites for hydroxylation is 1. The van der Waals surface area contributed by atoms with Gasteiger partial charge in [-0.25, -0.2) is 9.97 Å². The minimum absolute atomic E-state index is 0.101. The van der Waals surface area contributed by atoms with Gasteiger partial charge in [-0.2, -0.15) is 0 Å². The molecule has 3 N–H and O–H groups in total. The number of hydrogen-bond donors (Lipinski definition) is 2. The van der Waals surface area contributed by atoms with Gasteiger partial charge in [0, 0.05) is 24.8 Å². The second-order valence-corrected chi connectivity index (χ2v) is 7.48. The fraction of sp³-hybridized carbons (Fsp3) is 0.368. The Kier molecular flexibility index (Phi) is 3.77. The number of nitrogens with zero attached hydrogens (tertiary/aromatic N) is 4. The van der Waals surface area contributed by atoms with E-state index in [-0.39, 0.29) is 5.56 Å². The summed E-state index contributed by atoms with van der Waals surface area (Å²) in [5.41, 5.74) is 8.54. The first-order chi connectivity index (χ1) is 12.3. The van der Waals surface area contributed by atoms with E-state index in [1.165, 1.54) is 10.9 Å². The second-order valence-electron chi connectivity index (χ2n) is 7.48. The molecule has 3 aromatic rings. The molecule has 4 rings (SSSR count). The van der Waals surface area contributed by atoms with Crippen LogP contribution < -0.4 is 16.6 Å². The minimum Gasteiger partial charge on any atom is -0.367 e. The van der Waals surface area contributed by atoms with Crippen LogP contribution in [0, 0.1) is 0 Å². The number of pyridine rings is 2. The van der Waals surface area contributed by atoms with Crippen molar-refractivity contribution in [2.45, 2.75) is 38.3 Å². The average molecular weight is 350 g/mol. The minimum atomic E-state index is -0.498. The largest absolute Gasteiger partial charge is 0.367 e. The fourth-order valence-corrected chi connectivity index (χ4v) is 2.82. The van der Waals surface area contributed by atoms with Crippen LogP contribution in [0.5, 0.6) is 0 Å². The van der Waals surface area contributed by atoms with Gasteiger partial charge in [0.05, 0.1) is 28.8 Å². The Hall–Kier alpha value is -2.80. The van der Waals surface area contributed by atoms with Crippen LogP contribution in [0.4, 0.5) is 5.82 Å². The zero-order valence-corrected chi connectivity index (χ0v) is 15.2. The number of nitrogens with two attached hydrogens (primary N) is 1. The lowest BCUT2D eigenvalue weighted by atomic mass is 10.0. The number of fused-ring (bicyclic) bond motifs is 1. The maximum atomic E-state index is 12.6. The summed E-state index contributed by atoms with van der Waals surface area (Å²) in [4.78, 5) is 26.2. The predicted octanol–water partition coefficient (Wildman–Crippen LogP) is 2.16.